The van der Waals surface area contributed by atoms with Crippen LogP contribution >= 0.6 is 0 Å². The molecule has 0 radical (unpaired) electrons. The van der Waals surface area contributed by atoms with Gasteiger partial charge in [-0.15, -0.1) is 0 Å². The Morgan fingerprint density at radius 1 is 0.893 bits per heavy atom. The number of urea groups is 1. The first-order valence-corrected chi connectivity index (χ1v) is 9.51. The van der Waals surface area contributed by atoms with Crippen LogP contribution in [-0.4, -0.2) is 56.8 Å². The number of benzene rings is 1. The molecule has 1 aliphatic rings. The highest BCUT2D eigenvalue weighted by Crippen LogP contribution is 2.11. The molecule has 4 rings (SSSR count). The van der Waals surface area contributed by atoms with E-state index in [1.54, 1.807) is 0 Å². The summed E-state index contributed by atoms with van der Waals surface area (Å²) in [7, 11) is 0. The van der Waals surface area contributed by atoms with Crippen LogP contribution < -0.4 is 5.32 Å². The second kappa shape index (κ2) is 8.67. The van der Waals surface area contributed by atoms with E-state index in [4.69, 9.17) is 0 Å². The van der Waals surface area contributed by atoms with Crippen molar-refractivity contribution in [2.24, 2.45) is 0 Å². The number of nitrogens with one attached hydrogen (secondary N) is 1. The predicted molar refractivity (Wildman–Crippen MR) is 108 cm³/mol. The van der Waals surface area contributed by atoms with Gasteiger partial charge in [-0.05, 0) is 23.3 Å². The van der Waals surface area contributed by atoms with E-state index in [9.17, 15) is 4.79 Å². The number of carbonyl (C=O) groups excluding carboxylic acids is 1. The Morgan fingerprint density at radius 2 is 1.61 bits per heavy atom. The summed E-state index contributed by atoms with van der Waals surface area (Å²) in [5, 5.41) is 7.36. The number of hydrogen-bond donors (Lipinski definition) is 1. The summed E-state index contributed by atoms with van der Waals surface area (Å²) in [6, 6.07) is 15.9. The molecule has 28 heavy (non-hydrogen) atoms. The molecule has 7 nitrogen and oxygen atoms in total. The lowest BCUT2D eigenvalue weighted by Crippen LogP contribution is -2.49. The normalized spacial score (nSPS) is 14.8. The Morgan fingerprint density at radius 3 is 2.36 bits per heavy atom. The Kier molecular flexibility index (Phi) is 5.63. The topological polar surface area (TPSA) is 66.3 Å². The van der Waals surface area contributed by atoms with Crippen molar-refractivity contribution in [3.63, 3.8) is 0 Å². The number of pyridine rings is 1. The van der Waals surface area contributed by atoms with Gasteiger partial charge in [0.2, 0.25) is 0 Å². The Hall–Kier alpha value is -3.19. The molecule has 3 aromatic rings. The van der Waals surface area contributed by atoms with Gasteiger partial charge in [0.15, 0.2) is 5.82 Å². The molecule has 1 aliphatic heterocycles. The average Bonchev–Trinajstić information content (AvgIpc) is 3.17. The Balaban J connectivity index is 1.26. The summed E-state index contributed by atoms with van der Waals surface area (Å²) in [6.07, 6.45) is 5.52. The van der Waals surface area contributed by atoms with Crippen LogP contribution in [0.5, 0.6) is 0 Å². The van der Waals surface area contributed by atoms with Gasteiger partial charge < -0.3 is 4.90 Å². The lowest BCUT2D eigenvalue weighted by molar-refractivity contribution is 0.143. The molecule has 7 heteroatoms. The van der Waals surface area contributed by atoms with Gasteiger partial charge in [-0.3, -0.25) is 19.9 Å². The number of piperazine rings is 1. The fourth-order valence-electron chi connectivity index (χ4n) is 3.33. The van der Waals surface area contributed by atoms with Crippen LogP contribution in [0.3, 0.4) is 0 Å². The largest absolute Gasteiger partial charge is 0.323 e. The second-order valence-corrected chi connectivity index (χ2v) is 6.93. The molecule has 1 fully saturated rings. The first-order chi connectivity index (χ1) is 13.8. The van der Waals surface area contributed by atoms with Crippen molar-refractivity contribution in [2.75, 3.05) is 31.5 Å². The third kappa shape index (κ3) is 4.75. The fraction of sp³-hybridized carbons (Fsp3) is 0.286. The Bertz CT molecular complexity index is 888. The fourth-order valence-corrected chi connectivity index (χ4v) is 3.33. The summed E-state index contributed by atoms with van der Waals surface area (Å²) < 4.78 is 1.83. The number of rotatable bonds is 5. The third-order valence-electron chi connectivity index (χ3n) is 4.88. The van der Waals surface area contributed by atoms with Gasteiger partial charge in [0.05, 0.1) is 6.54 Å². The molecule has 0 bridgehead atoms. The molecule has 2 amide bonds. The summed E-state index contributed by atoms with van der Waals surface area (Å²) in [4.78, 5) is 20.8. The highest BCUT2D eigenvalue weighted by molar-refractivity contribution is 5.88. The van der Waals surface area contributed by atoms with Gasteiger partial charge in [0.25, 0.3) is 0 Å². The molecule has 2 aromatic heterocycles. The monoisotopic (exact) mass is 376 g/mol. The zero-order valence-corrected chi connectivity index (χ0v) is 15.7. The van der Waals surface area contributed by atoms with E-state index in [0.29, 0.717) is 25.5 Å². The summed E-state index contributed by atoms with van der Waals surface area (Å²) in [5.74, 6) is 0.583. The Labute approximate surface area is 164 Å². The first-order valence-electron chi connectivity index (χ1n) is 9.51. The number of hydrogen-bond acceptors (Lipinski definition) is 4. The number of carbonyl (C=O) groups is 1. The molecule has 0 aliphatic carbocycles. The molecular formula is C21H24N6O. The summed E-state index contributed by atoms with van der Waals surface area (Å²) in [5.41, 5.74) is 2.42. The molecule has 0 atom stereocenters. The molecule has 3 heterocycles. The molecule has 0 saturated carbocycles. The minimum Gasteiger partial charge on any atom is -0.322 e. The zero-order chi connectivity index (χ0) is 19.2. The maximum Gasteiger partial charge on any atom is 0.323 e. The number of amides is 2. The van der Waals surface area contributed by atoms with Crippen molar-refractivity contribution >= 4 is 11.8 Å². The molecule has 1 aromatic carbocycles. The van der Waals surface area contributed by atoms with E-state index < -0.39 is 0 Å². The minimum absolute atomic E-state index is 0.0893. The van der Waals surface area contributed by atoms with Crippen molar-refractivity contribution in [1.29, 1.82) is 0 Å². The highest BCUT2D eigenvalue weighted by Gasteiger charge is 2.21. The molecular weight excluding hydrogens is 352 g/mol. The van der Waals surface area contributed by atoms with Crippen LogP contribution in [0.1, 0.15) is 11.1 Å². The smallest absolute Gasteiger partial charge is 0.322 e. The van der Waals surface area contributed by atoms with Crippen LogP contribution in [-0.2, 0) is 13.1 Å². The molecule has 1 saturated heterocycles. The summed E-state index contributed by atoms with van der Waals surface area (Å²) in [6.45, 7) is 4.71. The van der Waals surface area contributed by atoms with E-state index in [1.165, 1.54) is 11.1 Å². The SMILES string of the molecule is O=C(Nc1ccn(Cc2ccccc2)n1)N1CCN(Cc2ccncc2)CC1. The van der Waals surface area contributed by atoms with Crippen molar-refractivity contribution in [3.8, 4) is 0 Å². The molecule has 0 spiro atoms. The number of anilines is 1. The maximum atomic E-state index is 12.5. The van der Waals surface area contributed by atoms with Crippen LogP contribution in [0.4, 0.5) is 10.6 Å². The first kappa shape index (κ1) is 18.2. The lowest BCUT2D eigenvalue weighted by atomic mass is 10.2. The van der Waals surface area contributed by atoms with Crippen molar-refractivity contribution in [1.82, 2.24) is 24.6 Å². The zero-order valence-electron chi connectivity index (χ0n) is 15.7. The highest BCUT2D eigenvalue weighted by atomic mass is 16.2. The van der Waals surface area contributed by atoms with Gasteiger partial charge in [-0.1, -0.05) is 30.3 Å². The van der Waals surface area contributed by atoms with Gasteiger partial charge in [0, 0.05) is 57.4 Å². The van der Waals surface area contributed by atoms with Crippen LogP contribution in [0.15, 0.2) is 67.1 Å². The van der Waals surface area contributed by atoms with E-state index in [0.717, 1.165) is 19.6 Å². The van der Waals surface area contributed by atoms with Gasteiger partial charge in [-0.2, -0.15) is 5.10 Å². The van der Waals surface area contributed by atoms with Crippen molar-refractivity contribution in [3.05, 3.63) is 78.2 Å². The third-order valence-corrected chi connectivity index (χ3v) is 4.88. The van der Waals surface area contributed by atoms with E-state index >= 15 is 0 Å². The minimum atomic E-state index is -0.0893. The molecule has 0 unspecified atom stereocenters. The van der Waals surface area contributed by atoms with Crippen molar-refractivity contribution in [2.45, 2.75) is 13.1 Å². The lowest BCUT2D eigenvalue weighted by Gasteiger charge is -2.34. The molecule has 1 N–H and O–H groups in total. The second-order valence-electron chi connectivity index (χ2n) is 6.93. The number of aromatic nitrogens is 3. The van der Waals surface area contributed by atoms with E-state index in [1.807, 2.05) is 64.6 Å². The summed E-state index contributed by atoms with van der Waals surface area (Å²) >= 11 is 0. The maximum absolute atomic E-state index is 12.5. The van der Waals surface area contributed by atoms with E-state index in [2.05, 4.69) is 32.4 Å². The number of nitrogens with zero attached hydrogens (tertiary/aromatic N) is 5. The average molecular weight is 376 g/mol. The quantitative estimate of drug-likeness (QED) is 0.744. The molecule has 144 valence electrons. The van der Waals surface area contributed by atoms with Gasteiger partial charge in [-0.25, -0.2) is 4.79 Å². The van der Waals surface area contributed by atoms with Crippen LogP contribution in [0.25, 0.3) is 0 Å². The van der Waals surface area contributed by atoms with Gasteiger partial charge >= 0.3 is 6.03 Å². The van der Waals surface area contributed by atoms with Gasteiger partial charge in [0.1, 0.15) is 0 Å². The van der Waals surface area contributed by atoms with Crippen LogP contribution in [0, 0.1) is 0 Å². The van der Waals surface area contributed by atoms with Crippen molar-refractivity contribution < 1.29 is 4.79 Å². The predicted octanol–water partition coefficient (Wildman–Crippen LogP) is 2.68. The standard InChI is InChI=1S/C21H24N6O/c28-21(23-20-8-11-27(24-20)17-18-4-2-1-3-5-18)26-14-12-25(13-15-26)16-19-6-9-22-10-7-19/h1-11H,12-17H2,(H,23,24,28). The van der Waals surface area contributed by atoms with E-state index in [-0.39, 0.29) is 6.03 Å². The van der Waals surface area contributed by atoms with Crippen LogP contribution in [0.2, 0.25) is 0 Å².